The number of hydrogen-bond donors (Lipinski definition) is 1. The fourth-order valence-corrected chi connectivity index (χ4v) is 3.37. The highest BCUT2D eigenvalue weighted by molar-refractivity contribution is 8.00. The quantitative estimate of drug-likeness (QED) is 0.639. The van der Waals surface area contributed by atoms with Crippen LogP contribution in [0.15, 0.2) is 9.33 Å². The molecule has 2 amide bonds. The average molecular weight is 332 g/mol. The predicted molar refractivity (Wildman–Crippen MR) is 83.0 cm³/mol. The molecule has 1 rings (SSSR count). The molecule has 0 aliphatic carbocycles. The lowest BCUT2D eigenvalue weighted by Crippen LogP contribution is -2.27. The zero-order valence-electron chi connectivity index (χ0n) is 12.4. The highest BCUT2D eigenvalue weighted by Crippen LogP contribution is 2.19. The maximum atomic E-state index is 11.6. The fourth-order valence-electron chi connectivity index (χ4n) is 1.39. The standard InChI is InChI=1S/C12H20N4O3S2/c1-4-5-6-7-8-20-11-14-16(12(18)19)10(21-11)13-9(17)15(2)3/h4-8H2,1-3H3,(H,18,19). The number of carbonyl (C=O) groups is 2. The Labute approximate surface area is 131 Å². The van der Waals surface area contributed by atoms with Crippen molar-refractivity contribution in [3.05, 3.63) is 4.80 Å². The number of nitrogens with zero attached hydrogens (tertiary/aromatic N) is 4. The van der Waals surface area contributed by atoms with Gasteiger partial charge in [-0.15, -0.1) is 9.78 Å². The number of unbranched alkanes of at least 4 members (excludes halogenated alkanes) is 3. The molecule has 0 radical (unpaired) electrons. The van der Waals surface area contributed by atoms with Gasteiger partial charge in [0.2, 0.25) is 4.80 Å². The summed E-state index contributed by atoms with van der Waals surface area (Å²) in [6, 6.07) is -0.506. The zero-order chi connectivity index (χ0) is 15.8. The van der Waals surface area contributed by atoms with Crippen molar-refractivity contribution in [3.8, 4) is 0 Å². The third kappa shape index (κ3) is 5.88. The average Bonchev–Trinajstić information content (AvgIpc) is 2.81. The van der Waals surface area contributed by atoms with Crippen molar-refractivity contribution in [1.29, 1.82) is 0 Å². The second-order valence-electron chi connectivity index (χ2n) is 4.54. The summed E-state index contributed by atoms with van der Waals surface area (Å²) in [6.07, 6.45) is 3.36. The molecule has 1 heterocycles. The van der Waals surface area contributed by atoms with E-state index in [0.717, 1.165) is 34.6 Å². The SMILES string of the molecule is CCCCCCSc1nn(C(=O)O)c(=NC(=O)N(C)C)s1. The molecule has 0 aliphatic heterocycles. The van der Waals surface area contributed by atoms with E-state index < -0.39 is 12.1 Å². The van der Waals surface area contributed by atoms with Crippen LogP contribution in [0.3, 0.4) is 0 Å². The summed E-state index contributed by atoms with van der Waals surface area (Å²) < 4.78 is 1.36. The first-order valence-corrected chi connectivity index (χ1v) is 8.48. The van der Waals surface area contributed by atoms with Crippen LogP contribution in [0.2, 0.25) is 0 Å². The number of carbonyl (C=O) groups excluding carboxylic acids is 1. The molecule has 118 valence electrons. The van der Waals surface area contributed by atoms with Gasteiger partial charge >= 0.3 is 12.1 Å². The first-order valence-electron chi connectivity index (χ1n) is 6.68. The van der Waals surface area contributed by atoms with E-state index in [1.165, 1.54) is 29.5 Å². The molecule has 0 aliphatic rings. The second kappa shape index (κ2) is 8.83. The largest absolute Gasteiger partial charge is 0.463 e. The molecule has 0 unspecified atom stereocenters. The Balaban J connectivity index is 2.80. The molecule has 0 fully saturated rings. The zero-order valence-corrected chi connectivity index (χ0v) is 14.0. The van der Waals surface area contributed by atoms with Crippen LogP contribution in [-0.2, 0) is 0 Å². The van der Waals surface area contributed by atoms with Crippen molar-refractivity contribution in [2.24, 2.45) is 4.99 Å². The molecule has 1 aromatic rings. The molecular formula is C12H20N4O3S2. The third-order valence-corrected chi connectivity index (χ3v) is 4.65. The van der Waals surface area contributed by atoms with Crippen LogP contribution >= 0.6 is 23.1 Å². The molecule has 0 saturated carbocycles. The number of thioether (sulfide) groups is 1. The fraction of sp³-hybridized carbons (Fsp3) is 0.667. The molecule has 1 aromatic heterocycles. The van der Waals surface area contributed by atoms with E-state index in [4.69, 9.17) is 5.11 Å². The molecule has 0 saturated heterocycles. The lowest BCUT2D eigenvalue weighted by Gasteiger charge is -2.03. The maximum absolute atomic E-state index is 11.6. The Kier molecular flexibility index (Phi) is 7.44. The summed E-state index contributed by atoms with van der Waals surface area (Å²) in [5.74, 6) is 0.883. The van der Waals surface area contributed by atoms with Crippen LogP contribution in [0.25, 0.3) is 0 Å². The van der Waals surface area contributed by atoms with Crippen molar-refractivity contribution in [2.45, 2.75) is 36.9 Å². The van der Waals surface area contributed by atoms with E-state index in [2.05, 4.69) is 17.0 Å². The highest BCUT2D eigenvalue weighted by Gasteiger charge is 2.12. The van der Waals surface area contributed by atoms with Gasteiger partial charge in [-0.2, -0.15) is 4.99 Å². The maximum Gasteiger partial charge on any atom is 0.434 e. The molecule has 1 N–H and O–H groups in total. The van der Waals surface area contributed by atoms with Gasteiger partial charge in [0.1, 0.15) is 0 Å². The Morgan fingerprint density at radius 3 is 2.67 bits per heavy atom. The smallest absolute Gasteiger partial charge is 0.434 e. The summed E-state index contributed by atoms with van der Waals surface area (Å²) in [5, 5.41) is 13.1. The van der Waals surface area contributed by atoms with Crippen LogP contribution in [-0.4, -0.2) is 51.8 Å². The van der Waals surface area contributed by atoms with E-state index in [1.807, 2.05) is 0 Å². The van der Waals surface area contributed by atoms with Crippen molar-refractivity contribution in [2.75, 3.05) is 19.8 Å². The van der Waals surface area contributed by atoms with Crippen molar-refractivity contribution < 1.29 is 14.7 Å². The highest BCUT2D eigenvalue weighted by atomic mass is 32.2. The molecule has 21 heavy (non-hydrogen) atoms. The Bertz CT molecular complexity index is 551. The van der Waals surface area contributed by atoms with Crippen LogP contribution < -0.4 is 4.80 Å². The van der Waals surface area contributed by atoms with Gasteiger partial charge in [-0.3, -0.25) is 0 Å². The molecule has 9 heteroatoms. The minimum atomic E-state index is -1.24. The van der Waals surface area contributed by atoms with Gasteiger partial charge in [0, 0.05) is 19.8 Å². The van der Waals surface area contributed by atoms with Gasteiger partial charge in [-0.1, -0.05) is 49.3 Å². The summed E-state index contributed by atoms with van der Waals surface area (Å²) in [5.41, 5.74) is 0. The summed E-state index contributed by atoms with van der Waals surface area (Å²) in [6.45, 7) is 2.15. The van der Waals surface area contributed by atoms with E-state index in [1.54, 1.807) is 14.1 Å². The van der Waals surface area contributed by atoms with E-state index in [9.17, 15) is 9.59 Å². The Hall–Kier alpha value is -1.35. The van der Waals surface area contributed by atoms with Crippen molar-refractivity contribution in [1.82, 2.24) is 14.7 Å². The van der Waals surface area contributed by atoms with Gasteiger partial charge in [-0.25, -0.2) is 9.59 Å². The van der Waals surface area contributed by atoms with Gasteiger partial charge in [0.25, 0.3) is 0 Å². The predicted octanol–water partition coefficient (Wildman–Crippen LogP) is 2.73. The summed E-state index contributed by atoms with van der Waals surface area (Å²) in [4.78, 5) is 27.8. The number of urea groups is 1. The molecular weight excluding hydrogens is 312 g/mol. The van der Waals surface area contributed by atoms with Crippen LogP contribution in [0.4, 0.5) is 9.59 Å². The molecule has 0 spiro atoms. The molecule has 7 nitrogen and oxygen atoms in total. The molecule has 0 aromatic carbocycles. The minimum Gasteiger partial charge on any atom is -0.463 e. The lowest BCUT2D eigenvalue weighted by atomic mass is 10.2. The van der Waals surface area contributed by atoms with Crippen molar-refractivity contribution >= 4 is 35.2 Å². The Morgan fingerprint density at radius 2 is 2.10 bits per heavy atom. The lowest BCUT2D eigenvalue weighted by molar-refractivity contribution is 0.191. The molecule has 0 bridgehead atoms. The van der Waals surface area contributed by atoms with Gasteiger partial charge in [0.15, 0.2) is 4.34 Å². The molecule has 0 atom stereocenters. The number of amides is 2. The number of carboxylic acid groups (broad SMARTS) is 1. The topological polar surface area (TPSA) is 87.8 Å². The number of hydrogen-bond acceptors (Lipinski definition) is 5. The van der Waals surface area contributed by atoms with Gasteiger partial charge < -0.3 is 10.0 Å². The Morgan fingerprint density at radius 1 is 1.38 bits per heavy atom. The van der Waals surface area contributed by atoms with E-state index in [-0.39, 0.29) is 4.80 Å². The monoisotopic (exact) mass is 332 g/mol. The normalized spacial score (nSPS) is 11.7. The number of rotatable bonds is 6. The minimum absolute atomic E-state index is 0.0808. The first-order chi connectivity index (χ1) is 9.95. The van der Waals surface area contributed by atoms with Crippen LogP contribution in [0, 0.1) is 0 Å². The second-order valence-corrected chi connectivity index (χ2v) is 6.84. The van der Waals surface area contributed by atoms with E-state index in [0.29, 0.717) is 4.34 Å². The van der Waals surface area contributed by atoms with Crippen LogP contribution in [0.1, 0.15) is 32.6 Å². The third-order valence-electron chi connectivity index (χ3n) is 2.52. The van der Waals surface area contributed by atoms with Gasteiger partial charge in [0.05, 0.1) is 0 Å². The summed E-state index contributed by atoms with van der Waals surface area (Å²) in [7, 11) is 3.11. The van der Waals surface area contributed by atoms with Gasteiger partial charge in [-0.05, 0) is 6.42 Å². The number of aromatic nitrogens is 2. The van der Waals surface area contributed by atoms with Crippen LogP contribution in [0.5, 0.6) is 0 Å². The first kappa shape index (κ1) is 17.7. The van der Waals surface area contributed by atoms with E-state index >= 15 is 0 Å². The van der Waals surface area contributed by atoms with Crippen molar-refractivity contribution in [3.63, 3.8) is 0 Å². The summed E-state index contributed by atoms with van der Waals surface area (Å²) >= 11 is 2.61.